The van der Waals surface area contributed by atoms with Gasteiger partial charge in [-0.25, -0.2) is 4.68 Å². The first-order chi connectivity index (χ1) is 12.6. The van der Waals surface area contributed by atoms with E-state index in [-0.39, 0.29) is 0 Å². The van der Waals surface area contributed by atoms with Crippen molar-refractivity contribution >= 4 is 41.0 Å². The summed E-state index contributed by atoms with van der Waals surface area (Å²) in [7, 11) is 1.59. The van der Waals surface area contributed by atoms with Crippen LogP contribution in [0.5, 0.6) is 0 Å². The average Bonchev–Trinajstić information content (AvgIpc) is 3.21. The summed E-state index contributed by atoms with van der Waals surface area (Å²) < 4.78 is 6.55. The number of rotatable bonds is 6. The fraction of sp³-hybridized carbons (Fsp3) is 0.353. The van der Waals surface area contributed by atoms with E-state index in [9.17, 15) is 9.59 Å². The number of carbonyl (C=O) groups is 2. The van der Waals surface area contributed by atoms with Crippen molar-refractivity contribution in [2.45, 2.75) is 17.9 Å². The lowest BCUT2D eigenvalue weighted by molar-refractivity contribution is -0.136. The highest BCUT2D eigenvalue weighted by Crippen LogP contribution is 2.36. The Morgan fingerprint density at radius 1 is 1.35 bits per heavy atom. The van der Waals surface area contributed by atoms with E-state index < -0.39 is 11.8 Å². The van der Waals surface area contributed by atoms with Crippen molar-refractivity contribution in [2.75, 3.05) is 25.6 Å². The van der Waals surface area contributed by atoms with Crippen molar-refractivity contribution in [3.8, 4) is 5.69 Å². The molecule has 1 aromatic carbocycles. The highest BCUT2D eigenvalue weighted by molar-refractivity contribution is 7.98. The van der Waals surface area contributed by atoms with Gasteiger partial charge >= 0.3 is 11.8 Å². The standard InChI is InChI=1S/C17H19ClN4O3S/c1-25-7-3-6-19-16(23)17(24)20-15-13-9-26-10-14(13)21-22(15)12-5-2-4-11(18)8-12/h2,4-5,8H,3,6-7,9-10H2,1H3,(H,19,23)(H,20,24). The van der Waals surface area contributed by atoms with Gasteiger partial charge in [0.05, 0.1) is 11.4 Å². The van der Waals surface area contributed by atoms with Gasteiger partial charge in [-0.2, -0.15) is 16.9 Å². The Morgan fingerprint density at radius 3 is 2.96 bits per heavy atom. The first kappa shape index (κ1) is 18.8. The zero-order valence-electron chi connectivity index (χ0n) is 14.3. The van der Waals surface area contributed by atoms with Crippen LogP contribution in [-0.2, 0) is 25.8 Å². The number of aromatic nitrogens is 2. The molecule has 2 heterocycles. The number of anilines is 1. The van der Waals surface area contributed by atoms with E-state index in [0.717, 1.165) is 28.5 Å². The molecule has 0 saturated heterocycles. The number of ether oxygens (including phenoxy) is 1. The molecule has 2 aromatic rings. The Morgan fingerprint density at radius 2 is 2.19 bits per heavy atom. The molecule has 2 N–H and O–H groups in total. The molecule has 0 saturated carbocycles. The van der Waals surface area contributed by atoms with Crippen molar-refractivity contribution in [1.29, 1.82) is 0 Å². The van der Waals surface area contributed by atoms with E-state index in [2.05, 4.69) is 15.7 Å². The zero-order valence-corrected chi connectivity index (χ0v) is 15.8. The molecule has 3 rings (SSSR count). The Labute approximate surface area is 160 Å². The predicted octanol–water partition coefficient (Wildman–Crippen LogP) is 2.36. The maximum absolute atomic E-state index is 12.3. The lowest BCUT2D eigenvalue weighted by Gasteiger charge is -2.11. The molecule has 26 heavy (non-hydrogen) atoms. The molecule has 1 aromatic heterocycles. The van der Waals surface area contributed by atoms with Gasteiger partial charge in [-0.3, -0.25) is 9.59 Å². The summed E-state index contributed by atoms with van der Waals surface area (Å²) in [4.78, 5) is 24.3. The molecular formula is C17H19ClN4O3S. The van der Waals surface area contributed by atoms with Crippen LogP contribution in [0.15, 0.2) is 24.3 Å². The number of hydrogen-bond donors (Lipinski definition) is 2. The third kappa shape index (κ3) is 4.20. The number of hydrogen-bond acceptors (Lipinski definition) is 5. The third-order valence-electron chi connectivity index (χ3n) is 3.85. The minimum atomic E-state index is -0.717. The Kier molecular flexibility index (Phi) is 6.18. The number of methoxy groups -OCH3 is 1. The minimum Gasteiger partial charge on any atom is -0.385 e. The van der Waals surface area contributed by atoms with Gasteiger partial charge in [0.2, 0.25) is 0 Å². The molecule has 0 radical (unpaired) electrons. The smallest absolute Gasteiger partial charge is 0.314 e. The lowest BCUT2D eigenvalue weighted by atomic mass is 10.2. The van der Waals surface area contributed by atoms with Crippen molar-refractivity contribution in [1.82, 2.24) is 15.1 Å². The summed E-state index contributed by atoms with van der Waals surface area (Å²) >= 11 is 7.79. The van der Waals surface area contributed by atoms with Gasteiger partial charge in [-0.05, 0) is 24.6 Å². The number of fused-ring (bicyclic) bond motifs is 1. The first-order valence-corrected chi connectivity index (χ1v) is 9.66. The number of halogens is 1. The van der Waals surface area contributed by atoms with Crippen molar-refractivity contribution < 1.29 is 14.3 Å². The summed E-state index contributed by atoms with van der Waals surface area (Å²) in [5.74, 6) is 0.629. The van der Waals surface area contributed by atoms with Crippen molar-refractivity contribution in [2.24, 2.45) is 0 Å². The lowest BCUT2D eigenvalue weighted by Crippen LogP contribution is -2.36. The van der Waals surface area contributed by atoms with Crippen LogP contribution in [0, 0.1) is 0 Å². The fourth-order valence-electron chi connectivity index (χ4n) is 2.60. The maximum Gasteiger partial charge on any atom is 0.314 e. The van der Waals surface area contributed by atoms with Crippen LogP contribution < -0.4 is 10.6 Å². The molecule has 0 spiro atoms. The zero-order chi connectivity index (χ0) is 18.5. The molecular weight excluding hydrogens is 376 g/mol. The second-order valence-corrected chi connectivity index (χ2v) is 7.14. The van der Waals surface area contributed by atoms with Crippen LogP contribution in [0.1, 0.15) is 17.7 Å². The summed E-state index contributed by atoms with van der Waals surface area (Å²) in [5.41, 5.74) is 2.58. The second kappa shape index (κ2) is 8.57. The molecule has 2 amide bonds. The molecule has 0 bridgehead atoms. The summed E-state index contributed by atoms with van der Waals surface area (Å²) in [6.07, 6.45) is 0.641. The summed E-state index contributed by atoms with van der Waals surface area (Å²) in [6.45, 7) is 0.899. The normalized spacial score (nSPS) is 12.7. The van der Waals surface area contributed by atoms with Crippen LogP contribution >= 0.6 is 23.4 Å². The molecule has 0 aliphatic carbocycles. The molecule has 9 heteroatoms. The summed E-state index contributed by atoms with van der Waals surface area (Å²) in [5, 5.41) is 10.4. The number of thioether (sulfide) groups is 1. The highest BCUT2D eigenvalue weighted by atomic mass is 35.5. The molecule has 1 aliphatic rings. The number of carbonyl (C=O) groups excluding carboxylic acids is 2. The number of amides is 2. The van der Waals surface area contributed by atoms with Gasteiger partial charge in [-0.15, -0.1) is 0 Å². The number of nitrogens with zero attached hydrogens (tertiary/aromatic N) is 2. The predicted molar refractivity (Wildman–Crippen MR) is 102 cm³/mol. The van der Waals surface area contributed by atoms with E-state index in [1.165, 1.54) is 0 Å². The topological polar surface area (TPSA) is 85.2 Å². The van der Waals surface area contributed by atoms with Crippen LogP contribution in [0.2, 0.25) is 5.02 Å². The number of nitrogens with one attached hydrogen (secondary N) is 2. The van der Waals surface area contributed by atoms with Gasteiger partial charge in [0.1, 0.15) is 5.82 Å². The van der Waals surface area contributed by atoms with Gasteiger partial charge in [0.15, 0.2) is 0 Å². The highest BCUT2D eigenvalue weighted by Gasteiger charge is 2.26. The van der Waals surface area contributed by atoms with Gasteiger partial charge in [-0.1, -0.05) is 17.7 Å². The quantitative estimate of drug-likeness (QED) is 0.580. The SMILES string of the molecule is COCCCNC(=O)C(=O)Nc1c2c(nn1-c1cccc(Cl)c1)CSC2. The number of benzene rings is 1. The third-order valence-corrected chi connectivity index (χ3v) is 5.06. The van der Waals surface area contributed by atoms with Gasteiger partial charge in [0.25, 0.3) is 0 Å². The van der Waals surface area contributed by atoms with Crippen LogP contribution in [-0.4, -0.2) is 41.9 Å². The molecule has 7 nitrogen and oxygen atoms in total. The molecule has 0 unspecified atom stereocenters. The molecule has 138 valence electrons. The van der Waals surface area contributed by atoms with Crippen molar-refractivity contribution in [3.05, 3.63) is 40.5 Å². The fourth-order valence-corrected chi connectivity index (χ4v) is 3.82. The van der Waals surface area contributed by atoms with Crippen LogP contribution in [0.3, 0.4) is 0 Å². The Hall–Kier alpha value is -2.03. The summed E-state index contributed by atoms with van der Waals surface area (Å²) in [6, 6.07) is 7.19. The van der Waals surface area contributed by atoms with Gasteiger partial charge < -0.3 is 15.4 Å². The average molecular weight is 395 g/mol. The monoisotopic (exact) mass is 394 g/mol. The van der Waals surface area contributed by atoms with E-state index in [0.29, 0.717) is 30.4 Å². The first-order valence-electron chi connectivity index (χ1n) is 8.12. The largest absolute Gasteiger partial charge is 0.385 e. The van der Waals surface area contributed by atoms with Gasteiger partial charge in [0, 0.05) is 42.4 Å². The maximum atomic E-state index is 12.3. The van der Waals surface area contributed by atoms with E-state index in [1.54, 1.807) is 35.7 Å². The minimum absolute atomic E-state index is 0.377. The Balaban J connectivity index is 1.79. The van der Waals surface area contributed by atoms with E-state index >= 15 is 0 Å². The van der Waals surface area contributed by atoms with Crippen LogP contribution in [0.25, 0.3) is 5.69 Å². The van der Waals surface area contributed by atoms with E-state index in [1.807, 2.05) is 12.1 Å². The van der Waals surface area contributed by atoms with Crippen LogP contribution in [0.4, 0.5) is 5.82 Å². The second-order valence-electron chi connectivity index (χ2n) is 5.71. The Bertz CT molecular complexity index is 824. The van der Waals surface area contributed by atoms with E-state index in [4.69, 9.17) is 16.3 Å². The molecule has 1 aliphatic heterocycles. The van der Waals surface area contributed by atoms with Crippen molar-refractivity contribution in [3.63, 3.8) is 0 Å². The molecule has 0 fully saturated rings. The molecule has 0 atom stereocenters.